The van der Waals surface area contributed by atoms with Crippen molar-refractivity contribution in [1.82, 2.24) is 4.90 Å². The van der Waals surface area contributed by atoms with Gasteiger partial charge in [-0.3, -0.25) is 9.59 Å². The lowest BCUT2D eigenvalue weighted by molar-refractivity contribution is -0.130. The highest BCUT2D eigenvalue weighted by molar-refractivity contribution is 7.98. The van der Waals surface area contributed by atoms with Crippen LogP contribution in [0, 0.1) is 0 Å². The first-order chi connectivity index (χ1) is 15.5. The highest BCUT2D eigenvalue weighted by Crippen LogP contribution is 2.40. The Hall–Kier alpha value is -2.93. The topological polar surface area (TPSA) is 65.1 Å². The summed E-state index contributed by atoms with van der Waals surface area (Å²) >= 11 is 1.63. The van der Waals surface area contributed by atoms with Crippen LogP contribution in [0.4, 0.5) is 0 Å². The van der Waals surface area contributed by atoms with Crippen molar-refractivity contribution < 1.29 is 23.8 Å². The van der Waals surface area contributed by atoms with E-state index in [0.29, 0.717) is 42.3 Å². The molecule has 7 heteroatoms. The summed E-state index contributed by atoms with van der Waals surface area (Å²) in [5, 5.41) is 0. The summed E-state index contributed by atoms with van der Waals surface area (Å²) in [4.78, 5) is 28.0. The molecule has 0 spiro atoms. The zero-order chi connectivity index (χ0) is 23.1. The van der Waals surface area contributed by atoms with Gasteiger partial charge in [0, 0.05) is 48.5 Å². The second-order valence-electron chi connectivity index (χ2n) is 7.38. The molecule has 0 N–H and O–H groups in total. The number of hydrogen-bond acceptors (Lipinski definition) is 6. The van der Waals surface area contributed by atoms with Gasteiger partial charge in [-0.1, -0.05) is 18.2 Å². The van der Waals surface area contributed by atoms with E-state index in [-0.39, 0.29) is 24.5 Å². The van der Waals surface area contributed by atoms with E-state index in [0.717, 1.165) is 16.0 Å². The predicted octanol–water partition coefficient (Wildman–Crippen LogP) is 4.71. The Kier molecular flexibility index (Phi) is 8.22. The highest BCUT2D eigenvalue weighted by atomic mass is 32.2. The van der Waals surface area contributed by atoms with Gasteiger partial charge in [-0.25, -0.2) is 0 Å². The maximum atomic E-state index is 12.7. The van der Waals surface area contributed by atoms with Gasteiger partial charge in [0.05, 0.1) is 26.9 Å². The third kappa shape index (κ3) is 5.46. The number of ether oxygens (including phenoxy) is 3. The number of nitrogens with zero attached hydrogens (tertiary/aromatic N) is 1. The minimum absolute atomic E-state index is 0.00745. The monoisotopic (exact) mass is 455 g/mol. The summed E-state index contributed by atoms with van der Waals surface area (Å²) in [6.45, 7) is 1.07. The zero-order valence-corrected chi connectivity index (χ0v) is 19.8. The molecule has 32 heavy (non-hydrogen) atoms. The Bertz CT molecular complexity index is 975. The minimum Gasteiger partial charge on any atom is -0.496 e. The lowest BCUT2D eigenvalue weighted by Gasteiger charge is -2.28. The summed E-state index contributed by atoms with van der Waals surface area (Å²) in [6.07, 6.45) is 5.12. The molecule has 170 valence electrons. The van der Waals surface area contributed by atoms with Crippen LogP contribution in [-0.2, 0) is 4.79 Å². The summed E-state index contributed by atoms with van der Waals surface area (Å²) in [6, 6.07) is 11.2. The molecule has 1 aliphatic heterocycles. The van der Waals surface area contributed by atoms with E-state index < -0.39 is 0 Å². The first kappa shape index (κ1) is 23.7. The zero-order valence-electron chi connectivity index (χ0n) is 19.0. The predicted molar refractivity (Wildman–Crippen MR) is 127 cm³/mol. The molecule has 0 atom stereocenters. The largest absolute Gasteiger partial charge is 0.496 e. The molecule has 0 saturated heterocycles. The van der Waals surface area contributed by atoms with Gasteiger partial charge in [0.15, 0.2) is 5.78 Å². The van der Waals surface area contributed by atoms with Crippen LogP contribution < -0.4 is 14.2 Å². The second kappa shape index (κ2) is 11.1. The highest BCUT2D eigenvalue weighted by Gasteiger charge is 2.23. The Balaban J connectivity index is 1.63. The fourth-order valence-corrected chi connectivity index (χ4v) is 4.15. The number of carbonyl (C=O) groups excluding carboxylic acids is 2. The van der Waals surface area contributed by atoms with E-state index in [2.05, 4.69) is 0 Å². The Labute approximate surface area is 193 Å². The van der Waals surface area contributed by atoms with Gasteiger partial charge >= 0.3 is 0 Å². The number of rotatable bonds is 9. The minimum atomic E-state index is -0.0111. The third-order valence-electron chi connectivity index (χ3n) is 5.58. The first-order valence-electron chi connectivity index (χ1n) is 10.4. The van der Waals surface area contributed by atoms with Crippen molar-refractivity contribution in [3.8, 4) is 17.2 Å². The van der Waals surface area contributed by atoms with Crippen molar-refractivity contribution >= 4 is 29.0 Å². The van der Waals surface area contributed by atoms with Crippen LogP contribution in [-0.4, -0.2) is 57.3 Å². The summed E-state index contributed by atoms with van der Waals surface area (Å²) in [5.41, 5.74) is 2.59. The molecule has 0 bridgehead atoms. The van der Waals surface area contributed by atoms with Crippen molar-refractivity contribution in [3.63, 3.8) is 0 Å². The number of carbonyl (C=O) groups is 2. The SMILES string of the molecule is COc1cc(OC)c(C2=CCN(C(=O)CCC(=O)c3ccc(SC)cc3)CC2)c(OC)c1. The fraction of sp³-hybridized carbons (Fsp3) is 0.360. The van der Waals surface area contributed by atoms with Crippen LogP contribution in [0.1, 0.15) is 35.2 Å². The molecule has 1 heterocycles. The molecule has 0 unspecified atom stereocenters. The first-order valence-corrected chi connectivity index (χ1v) is 11.7. The molecule has 0 fully saturated rings. The molecule has 0 radical (unpaired) electrons. The molecule has 6 nitrogen and oxygen atoms in total. The molecule has 0 saturated carbocycles. The van der Waals surface area contributed by atoms with Crippen LogP contribution in [0.25, 0.3) is 5.57 Å². The molecule has 2 aromatic carbocycles. The number of thioether (sulfide) groups is 1. The van der Waals surface area contributed by atoms with Crippen LogP contribution in [0.15, 0.2) is 47.4 Å². The molecule has 1 amide bonds. The maximum Gasteiger partial charge on any atom is 0.223 e. The maximum absolute atomic E-state index is 12.7. The lowest BCUT2D eigenvalue weighted by Crippen LogP contribution is -2.34. The number of amides is 1. The van der Waals surface area contributed by atoms with Crippen LogP contribution in [0.2, 0.25) is 0 Å². The second-order valence-corrected chi connectivity index (χ2v) is 8.26. The van der Waals surface area contributed by atoms with Crippen LogP contribution >= 0.6 is 11.8 Å². The molecule has 0 aromatic heterocycles. The number of benzene rings is 2. The fourth-order valence-electron chi connectivity index (χ4n) is 3.74. The average molecular weight is 456 g/mol. The standard InChI is InChI=1S/C25H29NO5S/c1-29-19-15-22(30-2)25(23(16-19)31-3)18-11-13-26(14-12-18)24(28)10-9-21(27)17-5-7-20(32-4)8-6-17/h5-8,11,15-16H,9-10,12-14H2,1-4H3. The van der Waals surface area contributed by atoms with Crippen LogP contribution in [0.5, 0.6) is 17.2 Å². The average Bonchev–Trinajstić information content (AvgIpc) is 2.86. The normalized spacial score (nSPS) is 13.4. The van der Waals surface area contributed by atoms with Gasteiger partial charge in [-0.2, -0.15) is 0 Å². The number of Topliss-reactive ketones (excluding diaryl/α,β-unsaturated/α-hetero) is 1. The quantitative estimate of drug-likeness (QED) is 0.403. The van der Waals surface area contributed by atoms with E-state index in [1.165, 1.54) is 0 Å². The summed E-state index contributed by atoms with van der Waals surface area (Å²) < 4.78 is 16.4. The number of hydrogen-bond donors (Lipinski definition) is 0. The van der Waals surface area contributed by atoms with Crippen molar-refractivity contribution in [1.29, 1.82) is 0 Å². The smallest absolute Gasteiger partial charge is 0.223 e. The molecule has 1 aliphatic rings. The van der Waals surface area contributed by atoms with Gasteiger partial charge in [-0.05, 0) is 30.4 Å². The van der Waals surface area contributed by atoms with Gasteiger partial charge in [0.2, 0.25) is 5.91 Å². The Morgan fingerprint density at radius 2 is 1.62 bits per heavy atom. The van der Waals surface area contributed by atoms with E-state index in [9.17, 15) is 9.59 Å². The number of methoxy groups -OCH3 is 3. The van der Waals surface area contributed by atoms with Crippen molar-refractivity contribution in [3.05, 3.63) is 53.6 Å². The Morgan fingerprint density at radius 1 is 0.969 bits per heavy atom. The summed E-state index contributed by atoms with van der Waals surface area (Å²) in [5.74, 6) is 1.98. The molecule has 3 rings (SSSR count). The van der Waals surface area contributed by atoms with E-state index >= 15 is 0 Å². The van der Waals surface area contributed by atoms with E-state index in [1.54, 1.807) is 38.0 Å². The Morgan fingerprint density at radius 3 is 2.12 bits per heavy atom. The lowest BCUT2D eigenvalue weighted by atomic mass is 9.96. The molecular formula is C25H29NO5S. The molecule has 2 aromatic rings. The van der Waals surface area contributed by atoms with E-state index in [4.69, 9.17) is 14.2 Å². The van der Waals surface area contributed by atoms with E-state index in [1.807, 2.05) is 48.7 Å². The van der Waals surface area contributed by atoms with Gasteiger partial charge in [0.25, 0.3) is 0 Å². The summed E-state index contributed by atoms with van der Waals surface area (Å²) in [7, 11) is 4.83. The van der Waals surface area contributed by atoms with Crippen molar-refractivity contribution in [2.24, 2.45) is 0 Å². The van der Waals surface area contributed by atoms with Gasteiger partial charge in [0.1, 0.15) is 17.2 Å². The third-order valence-corrected chi connectivity index (χ3v) is 6.32. The number of ketones is 1. The van der Waals surface area contributed by atoms with Gasteiger partial charge < -0.3 is 19.1 Å². The molecule has 0 aliphatic carbocycles. The van der Waals surface area contributed by atoms with Crippen LogP contribution in [0.3, 0.4) is 0 Å². The van der Waals surface area contributed by atoms with Crippen molar-refractivity contribution in [2.75, 3.05) is 40.7 Å². The molecular weight excluding hydrogens is 426 g/mol. The van der Waals surface area contributed by atoms with Crippen molar-refractivity contribution in [2.45, 2.75) is 24.2 Å². The van der Waals surface area contributed by atoms with Gasteiger partial charge in [-0.15, -0.1) is 11.8 Å².